The highest BCUT2D eigenvalue weighted by Gasteiger charge is 2.17. The van der Waals surface area contributed by atoms with Crippen LogP contribution in [-0.4, -0.2) is 24.2 Å². The second kappa shape index (κ2) is 4.93. The van der Waals surface area contributed by atoms with Crippen LogP contribution in [0.15, 0.2) is 12.1 Å². The Kier molecular flexibility index (Phi) is 3.56. The highest BCUT2D eigenvalue weighted by atomic mass is 16.5. The van der Waals surface area contributed by atoms with Crippen LogP contribution in [0.1, 0.15) is 38.1 Å². The van der Waals surface area contributed by atoms with Crippen molar-refractivity contribution in [2.75, 3.05) is 13.2 Å². The second-order valence-electron chi connectivity index (χ2n) is 4.77. The van der Waals surface area contributed by atoms with Gasteiger partial charge in [0.1, 0.15) is 0 Å². The lowest BCUT2D eigenvalue weighted by atomic mass is 10.0. The van der Waals surface area contributed by atoms with Gasteiger partial charge < -0.3 is 10.1 Å². The summed E-state index contributed by atoms with van der Waals surface area (Å²) in [5.74, 6) is 0.493. The van der Waals surface area contributed by atoms with Crippen molar-refractivity contribution < 1.29 is 6.16 Å². The zero-order valence-corrected chi connectivity index (χ0v) is 10.3. The van der Waals surface area contributed by atoms with E-state index in [0.29, 0.717) is 12.0 Å². The van der Waals surface area contributed by atoms with E-state index in [1.807, 2.05) is 0 Å². The molecule has 0 bridgehead atoms. The molecule has 3 nitrogen and oxygen atoms in total. The van der Waals surface area contributed by atoms with Gasteiger partial charge in [0, 0.05) is 13.7 Å². The molecule has 1 aliphatic heterocycles. The number of ether oxygens (including phenoxy) is 1. The van der Waals surface area contributed by atoms with Crippen LogP contribution in [0.2, 0.25) is 0 Å². The van der Waals surface area contributed by atoms with E-state index in [1.54, 1.807) is 0 Å². The SMILES string of the molecule is Cc1ccc(CNC2COC2)nc1C(C)C.[HH]. The standard InChI is InChI=1S/C13H20N2O.H2/c1-9(2)13-10(3)4-5-11(15-13)6-14-12-7-16-8-12;/h4-5,9,12,14H,6-8H2,1-3H3;1H. The number of pyridine rings is 1. The highest BCUT2D eigenvalue weighted by Crippen LogP contribution is 2.16. The Morgan fingerprint density at radius 3 is 2.81 bits per heavy atom. The predicted octanol–water partition coefficient (Wildman–Crippen LogP) is 2.25. The molecule has 0 radical (unpaired) electrons. The van der Waals surface area contributed by atoms with Gasteiger partial charge >= 0.3 is 0 Å². The first-order valence-electron chi connectivity index (χ1n) is 5.94. The molecule has 0 amide bonds. The average molecular weight is 222 g/mol. The molecule has 3 heteroatoms. The molecule has 1 saturated heterocycles. The Morgan fingerprint density at radius 1 is 1.50 bits per heavy atom. The second-order valence-corrected chi connectivity index (χ2v) is 4.77. The van der Waals surface area contributed by atoms with E-state index in [0.717, 1.165) is 25.5 Å². The summed E-state index contributed by atoms with van der Waals surface area (Å²) in [6.07, 6.45) is 0. The third-order valence-corrected chi connectivity index (χ3v) is 2.95. The summed E-state index contributed by atoms with van der Waals surface area (Å²) in [5, 5.41) is 3.43. The van der Waals surface area contributed by atoms with Crippen LogP contribution in [0.25, 0.3) is 0 Å². The van der Waals surface area contributed by atoms with Crippen molar-refractivity contribution in [2.45, 2.75) is 39.3 Å². The molecule has 1 fully saturated rings. The van der Waals surface area contributed by atoms with Gasteiger partial charge in [-0.1, -0.05) is 19.9 Å². The first kappa shape index (κ1) is 11.6. The quantitative estimate of drug-likeness (QED) is 0.848. The monoisotopic (exact) mass is 222 g/mol. The summed E-state index contributed by atoms with van der Waals surface area (Å²) < 4.78 is 5.12. The number of hydrogen-bond donors (Lipinski definition) is 1. The Hall–Kier alpha value is -0.930. The van der Waals surface area contributed by atoms with E-state index < -0.39 is 0 Å². The van der Waals surface area contributed by atoms with Crippen molar-refractivity contribution in [3.8, 4) is 0 Å². The molecular weight excluding hydrogens is 200 g/mol. The lowest BCUT2D eigenvalue weighted by molar-refractivity contribution is -0.00591. The number of rotatable bonds is 4. The summed E-state index contributed by atoms with van der Waals surface area (Å²) in [5.41, 5.74) is 3.62. The van der Waals surface area contributed by atoms with Crippen LogP contribution in [-0.2, 0) is 11.3 Å². The van der Waals surface area contributed by atoms with Gasteiger partial charge in [0.25, 0.3) is 0 Å². The molecule has 1 N–H and O–H groups in total. The van der Waals surface area contributed by atoms with E-state index in [1.165, 1.54) is 11.3 Å². The maximum absolute atomic E-state index is 5.12. The minimum absolute atomic E-state index is 0. The van der Waals surface area contributed by atoms with Crippen LogP contribution in [0.3, 0.4) is 0 Å². The molecule has 0 saturated carbocycles. The molecule has 1 aromatic heterocycles. The van der Waals surface area contributed by atoms with E-state index in [9.17, 15) is 0 Å². The minimum Gasteiger partial charge on any atom is -0.378 e. The van der Waals surface area contributed by atoms with Crippen LogP contribution in [0.4, 0.5) is 0 Å². The summed E-state index contributed by atoms with van der Waals surface area (Å²) in [6, 6.07) is 4.79. The van der Waals surface area contributed by atoms with Crippen LogP contribution in [0.5, 0.6) is 0 Å². The van der Waals surface area contributed by atoms with E-state index in [-0.39, 0.29) is 1.43 Å². The number of aryl methyl sites for hydroxylation is 1. The molecule has 0 aromatic carbocycles. The lowest BCUT2D eigenvalue weighted by Crippen LogP contribution is -2.45. The van der Waals surface area contributed by atoms with Crippen molar-refractivity contribution in [1.82, 2.24) is 10.3 Å². The molecular formula is C13H22N2O. The molecule has 0 aliphatic carbocycles. The third-order valence-electron chi connectivity index (χ3n) is 2.95. The molecule has 1 aromatic rings. The molecule has 0 spiro atoms. The first-order chi connectivity index (χ1) is 7.66. The highest BCUT2D eigenvalue weighted by molar-refractivity contribution is 5.24. The van der Waals surface area contributed by atoms with Crippen LogP contribution in [0, 0.1) is 6.92 Å². The van der Waals surface area contributed by atoms with Gasteiger partial charge in [0.15, 0.2) is 0 Å². The molecule has 1 aliphatic rings. The number of hydrogen-bond acceptors (Lipinski definition) is 3. The van der Waals surface area contributed by atoms with Crippen LogP contribution >= 0.6 is 0 Å². The Balaban J connectivity index is 0.00000144. The lowest BCUT2D eigenvalue weighted by Gasteiger charge is -2.27. The summed E-state index contributed by atoms with van der Waals surface area (Å²) in [7, 11) is 0. The van der Waals surface area contributed by atoms with Crippen molar-refractivity contribution in [3.05, 3.63) is 29.1 Å². The summed E-state index contributed by atoms with van der Waals surface area (Å²) >= 11 is 0. The Morgan fingerprint density at radius 2 is 2.25 bits per heavy atom. The first-order valence-corrected chi connectivity index (χ1v) is 5.94. The van der Waals surface area contributed by atoms with Gasteiger partial charge in [-0.25, -0.2) is 0 Å². The van der Waals surface area contributed by atoms with Crippen LogP contribution < -0.4 is 5.32 Å². The zero-order valence-electron chi connectivity index (χ0n) is 10.3. The number of nitrogens with one attached hydrogen (secondary N) is 1. The number of nitrogens with zero attached hydrogens (tertiary/aromatic N) is 1. The number of aromatic nitrogens is 1. The minimum atomic E-state index is 0. The topological polar surface area (TPSA) is 34.1 Å². The molecule has 16 heavy (non-hydrogen) atoms. The third kappa shape index (κ3) is 2.60. The Labute approximate surface area is 98.7 Å². The smallest absolute Gasteiger partial charge is 0.0643 e. The molecule has 2 heterocycles. The van der Waals surface area contributed by atoms with Crippen molar-refractivity contribution >= 4 is 0 Å². The summed E-state index contributed by atoms with van der Waals surface area (Å²) in [4.78, 5) is 4.70. The molecule has 90 valence electrons. The maximum atomic E-state index is 5.12. The predicted molar refractivity (Wildman–Crippen MR) is 66.6 cm³/mol. The van der Waals surface area contributed by atoms with Crippen molar-refractivity contribution in [1.29, 1.82) is 0 Å². The fourth-order valence-electron chi connectivity index (χ4n) is 1.87. The van der Waals surface area contributed by atoms with Crippen molar-refractivity contribution in [2.24, 2.45) is 0 Å². The van der Waals surface area contributed by atoms with E-state index in [2.05, 4.69) is 38.2 Å². The van der Waals surface area contributed by atoms with E-state index >= 15 is 0 Å². The molecule has 2 rings (SSSR count). The normalized spacial score (nSPS) is 16.5. The fraction of sp³-hybridized carbons (Fsp3) is 0.615. The van der Waals surface area contributed by atoms with Crippen molar-refractivity contribution in [3.63, 3.8) is 0 Å². The van der Waals surface area contributed by atoms with Gasteiger partial charge in [-0.3, -0.25) is 4.98 Å². The average Bonchev–Trinajstić information content (AvgIpc) is 2.17. The largest absolute Gasteiger partial charge is 0.378 e. The van der Waals surface area contributed by atoms with Gasteiger partial charge in [-0.15, -0.1) is 0 Å². The fourth-order valence-corrected chi connectivity index (χ4v) is 1.87. The molecule has 0 atom stereocenters. The van der Waals surface area contributed by atoms with Gasteiger partial charge in [0.2, 0.25) is 0 Å². The van der Waals surface area contributed by atoms with Gasteiger partial charge in [-0.05, 0) is 24.5 Å². The zero-order chi connectivity index (χ0) is 11.5. The molecule has 0 unspecified atom stereocenters. The van der Waals surface area contributed by atoms with Gasteiger partial charge in [0.05, 0.1) is 24.9 Å². The Bertz CT molecular complexity index is 364. The summed E-state index contributed by atoms with van der Waals surface area (Å²) in [6.45, 7) is 9.01. The maximum Gasteiger partial charge on any atom is 0.0643 e. The van der Waals surface area contributed by atoms with Gasteiger partial charge in [-0.2, -0.15) is 0 Å². The van der Waals surface area contributed by atoms with E-state index in [4.69, 9.17) is 9.72 Å².